The largest absolute Gasteiger partial charge is 0.323 e. The molecule has 0 bridgehead atoms. The molecule has 1 atom stereocenters. The van der Waals surface area contributed by atoms with Gasteiger partial charge in [0, 0.05) is 10.3 Å². The molecule has 80 valence electrons. The van der Waals surface area contributed by atoms with E-state index in [1.54, 1.807) is 18.0 Å². The van der Waals surface area contributed by atoms with Gasteiger partial charge in [0.1, 0.15) is 0 Å². The lowest BCUT2D eigenvalue weighted by Crippen LogP contribution is -2.26. The second-order valence-corrected chi connectivity index (χ2v) is 5.12. The molecule has 1 aromatic heterocycles. The number of carbonyl (C=O) groups is 1. The van der Waals surface area contributed by atoms with Gasteiger partial charge < -0.3 is 5.32 Å². The number of aromatic nitrogens is 1. The molecule has 0 saturated heterocycles. The Labute approximate surface area is 97.3 Å². The monoisotopic (exact) mass is 230 g/mol. The second-order valence-electron chi connectivity index (χ2n) is 3.77. The van der Waals surface area contributed by atoms with Crippen LogP contribution in [0.5, 0.6) is 0 Å². The fourth-order valence-corrected chi connectivity index (χ4v) is 2.85. The number of benzene rings is 1. The minimum Gasteiger partial charge on any atom is -0.323 e. The minimum absolute atomic E-state index is 0.0432. The molecule has 1 amide bonds. The lowest BCUT2D eigenvalue weighted by Gasteiger charge is -2.22. The first kappa shape index (κ1) is 9.66. The topological polar surface area (TPSA) is 42.0 Å². The molecule has 1 aliphatic heterocycles. The number of para-hydroxylation sites is 1. The normalized spacial score (nSPS) is 19.3. The van der Waals surface area contributed by atoms with Crippen molar-refractivity contribution in [3.63, 3.8) is 0 Å². The van der Waals surface area contributed by atoms with Crippen LogP contribution in [-0.2, 0) is 4.79 Å². The number of amides is 1. The third-order valence-electron chi connectivity index (χ3n) is 2.65. The zero-order valence-corrected chi connectivity index (χ0v) is 9.54. The number of carbonyl (C=O) groups excluding carboxylic acids is 1. The molecule has 0 aliphatic carbocycles. The van der Waals surface area contributed by atoms with E-state index < -0.39 is 0 Å². The molecule has 0 fully saturated rings. The Morgan fingerprint density at radius 2 is 2.19 bits per heavy atom. The molecule has 4 heteroatoms. The molecule has 0 spiro atoms. The Morgan fingerprint density at radius 3 is 3.06 bits per heavy atom. The lowest BCUT2D eigenvalue weighted by molar-refractivity contribution is -0.115. The molecular formula is C12H10N2OS. The van der Waals surface area contributed by atoms with Crippen molar-refractivity contribution in [1.82, 2.24) is 4.98 Å². The van der Waals surface area contributed by atoms with E-state index in [4.69, 9.17) is 0 Å². The lowest BCUT2D eigenvalue weighted by atomic mass is 10.2. The zero-order valence-electron chi connectivity index (χ0n) is 8.73. The Balaban J connectivity index is 2.27. The van der Waals surface area contributed by atoms with E-state index in [0.29, 0.717) is 0 Å². The smallest absolute Gasteiger partial charge is 0.237 e. The third-order valence-corrected chi connectivity index (χ3v) is 3.89. The van der Waals surface area contributed by atoms with Gasteiger partial charge in [0.05, 0.1) is 22.7 Å². The van der Waals surface area contributed by atoms with Gasteiger partial charge in [-0.25, -0.2) is 0 Å². The number of pyridine rings is 1. The van der Waals surface area contributed by atoms with Gasteiger partial charge in [-0.05, 0) is 13.0 Å². The SMILES string of the molecule is CC1Sc2c(cnc3ccccc23)NC1=O. The average molecular weight is 230 g/mol. The maximum Gasteiger partial charge on any atom is 0.237 e. The quantitative estimate of drug-likeness (QED) is 0.756. The van der Waals surface area contributed by atoms with E-state index in [-0.39, 0.29) is 11.2 Å². The van der Waals surface area contributed by atoms with E-state index in [1.165, 1.54) is 0 Å². The molecule has 1 unspecified atom stereocenters. The summed E-state index contributed by atoms with van der Waals surface area (Å²) in [5, 5.41) is 3.94. The first-order valence-corrected chi connectivity index (χ1v) is 5.99. The zero-order chi connectivity index (χ0) is 11.1. The van der Waals surface area contributed by atoms with Crippen LogP contribution >= 0.6 is 11.8 Å². The molecule has 0 saturated carbocycles. The van der Waals surface area contributed by atoms with Crippen molar-refractivity contribution in [2.75, 3.05) is 5.32 Å². The van der Waals surface area contributed by atoms with Gasteiger partial charge in [-0.2, -0.15) is 0 Å². The molecule has 1 aliphatic rings. The summed E-state index contributed by atoms with van der Waals surface area (Å²) in [6, 6.07) is 7.98. The van der Waals surface area contributed by atoms with E-state index in [9.17, 15) is 4.79 Å². The molecule has 3 nitrogen and oxygen atoms in total. The first-order chi connectivity index (χ1) is 7.75. The van der Waals surface area contributed by atoms with Crippen molar-refractivity contribution < 1.29 is 4.79 Å². The van der Waals surface area contributed by atoms with E-state index >= 15 is 0 Å². The van der Waals surface area contributed by atoms with Crippen LogP contribution in [0.3, 0.4) is 0 Å². The molecular weight excluding hydrogens is 220 g/mol. The van der Waals surface area contributed by atoms with Gasteiger partial charge in [-0.1, -0.05) is 18.2 Å². The highest BCUT2D eigenvalue weighted by molar-refractivity contribution is 8.01. The van der Waals surface area contributed by atoms with Crippen LogP contribution in [0.25, 0.3) is 10.9 Å². The minimum atomic E-state index is -0.0432. The number of fused-ring (bicyclic) bond motifs is 3. The first-order valence-electron chi connectivity index (χ1n) is 5.11. The summed E-state index contributed by atoms with van der Waals surface area (Å²) in [5.74, 6) is 0.0505. The standard InChI is InChI=1S/C12H10N2OS/c1-7-12(15)14-10-6-13-9-5-3-2-4-8(9)11(10)16-7/h2-7H,1H3,(H,14,15). The van der Waals surface area contributed by atoms with Crippen molar-refractivity contribution in [3.05, 3.63) is 30.5 Å². The van der Waals surface area contributed by atoms with Crippen molar-refractivity contribution in [1.29, 1.82) is 0 Å². The van der Waals surface area contributed by atoms with Gasteiger partial charge in [-0.3, -0.25) is 9.78 Å². The summed E-state index contributed by atoms with van der Waals surface area (Å²) >= 11 is 1.60. The second kappa shape index (κ2) is 3.49. The summed E-state index contributed by atoms with van der Waals surface area (Å²) in [6.07, 6.45) is 1.73. The van der Waals surface area contributed by atoms with Crippen LogP contribution in [0.4, 0.5) is 5.69 Å². The van der Waals surface area contributed by atoms with Crippen molar-refractivity contribution in [2.24, 2.45) is 0 Å². The number of thioether (sulfide) groups is 1. The molecule has 2 heterocycles. The molecule has 1 N–H and O–H groups in total. The molecule has 16 heavy (non-hydrogen) atoms. The van der Waals surface area contributed by atoms with Gasteiger partial charge in [-0.15, -0.1) is 11.8 Å². The number of hydrogen-bond donors (Lipinski definition) is 1. The van der Waals surface area contributed by atoms with Crippen LogP contribution in [0.2, 0.25) is 0 Å². The third kappa shape index (κ3) is 1.38. The van der Waals surface area contributed by atoms with Crippen molar-refractivity contribution >= 4 is 34.3 Å². The summed E-state index contributed by atoms with van der Waals surface area (Å²) in [6.45, 7) is 1.91. The summed E-state index contributed by atoms with van der Waals surface area (Å²) in [5.41, 5.74) is 1.80. The van der Waals surface area contributed by atoms with Crippen LogP contribution in [-0.4, -0.2) is 16.1 Å². The Kier molecular flexibility index (Phi) is 2.11. The molecule has 0 radical (unpaired) electrons. The number of anilines is 1. The van der Waals surface area contributed by atoms with Crippen LogP contribution < -0.4 is 5.32 Å². The number of nitrogens with zero attached hydrogens (tertiary/aromatic N) is 1. The maximum absolute atomic E-state index is 11.5. The fourth-order valence-electron chi connectivity index (χ4n) is 1.80. The van der Waals surface area contributed by atoms with Gasteiger partial charge in [0.2, 0.25) is 5.91 Å². The highest BCUT2D eigenvalue weighted by atomic mass is 32.2. The molecule has 3 rings (SSSR count). The highest BCUT2D eigenvalue weighted by Crippen LogP contribution is 2.39. The summed E-state index contributed by atoms with van der Waals surface area (Å²) < 4.78 is 0. The van der Waals surface area contributed by atoms with Crippen LogP contribution in [0.1, 0.15) is 6.92 Å². The summed E-state index contributed by atoms with van der Waals surface area (Å²) in [7, 11) is 0. The predicted molar refractivity (Wildman–Crippen MR) is 65.7 cm³/mol. The van der Waals surface area contributed by atoms with Crippen LogP contribution in [0, 0.1) is 0 Å². The number of hydrogen-bond acceptors (Lipinski definition) is 3. The Hall–Kier alpha value is -1.55. The van der Waals surface area contributed by atoms with Crippen molar-refractivity contribution in [2.45, 2.75) is 17.1 Å². The van der Waals surface area contributed by atoms with Gasteiger partial charge in [0.15, 0.2) is 0 Å². The molecule has 2 aromatic rings. The number of nitrogens with one attached hydrogen (secondary N) is 1. The predicted octanol–water partition coefficient (Wildman–Crippen LogP) is 2.67. The van der Waals surface area contributed by atoms with E-state index in [0.717, 1.165) is 21.5 Å². The van der Waals surface area contributed by atoms with E-state index in [1.807, 2.05) is 31.2 Å². The van der Waals surface area contributed by atoms with E-state index in [2.05, 4.69) is 10.3 Å². The highest BCUT2D eigenvalue weighted by Gasteiger charge is 2.24. The maximum atomic E-state index is 11.5. The van der Waals surface area contributed by atoms with Crippen molar-refractivity contribution in [3.8, 4) is 0 Å². The van der Waals surface area contributed by atoms with Gasteiger partial charge >= 0.3 is 0 Å². The Morgan fingerprint density at radius 1 is 1.38 bits per heavy atom. The van der Waals surface area contributed by atoms with Gasteiger partial charge in [0.25, 0.3) is 0 Å². The Bertz CT molecular complexity index is 582. The molecule has 1 aromatic carbocycles. The van der Waals surface area contributed by atoms with Crippen LogP contribution in [0.15, 0.2) is 35.4 Å². The average Bonchev–Trinajstić information content (AvgIpc) is 2.31. The summed E-state index contributed by atoms with van der Waals surface area (Å²) in [4.78, 5) is 17.0. The number of rotatable bonds is 0. The fraction of sp³-hybridized carbons (Fsp3) is 0.167.